The Morgan fingerprint density at radius 1 is 1.00 bits per heavy atom. The highest BCUT2D eigenvalue weighted by Crippen LogP contribution is 2.70. The van der Waals surface area contributed by atoms with Gasteiger partial charge in [0, 0.05) is 17.8 Å². The second-order valence-corrected chi connectivity index (χ2v) is 15.1. The molecule has 5 rings (SSSR count). The van der Waals surface area contributed by atoms with Crippen LogP contribution in [0.3, 0.4) is 0 Å². The van der Waals surface area contributed by atoms with Gasteiger partial charge in [-0.15, -0.1) is 0 Å². The molecule has 2 saturated carbocycles. The molecule has 1 unspecified atom stereocenters. The van der Waals surface area contributed by atoms with E-state index in [1.54, 1.807) is 58.0 Å². The molecule has 7 nitrogen and oxygen atoms in total. The maximum Gasteiger partial charge on any atom is 0.456 e. The van der Waals surface area contributed by atoms with Crippen molar-refractivity contribution in [2.45, 2.75) is 128 Å². The largest absolute Gasteiger partial charge is 0.456 e. The van der Waals surface area contributed by atoms with Crippen LogP contribution in [0.25, 0.3) is 0 Å². The third-order valence-electron chi connectivity index (χ3n) is 10.9. The Balaban J connectivity index is 1.45. The van der Waals surface area contributed by atoms with Crippen LogP contribution in [0.2, 0.25) is 0 Å². The monoisotopic (exact) mass is 681 g/mol. The Labute approximate surface area is 277 Å². The average molecular weight is 682 g/mol. The Morgan fingerprint density at radius 2 is 1.65 bits per heavy atom. The number of nitrogens with one attached hydrogen (secondary N) is 1. The van der Waals surface area contributed by atoms with E-state index in [2.05, 4.69) is 5.32 Å². The van der Waals surface area contributed by atoms with Gasteiger partial charge in [0.05, 0.1) is 0 Å². The lowest BCUT2D eigenvalue weighted by Crippen LogP contribution is -2.65. The van der Waals surface area contributed by atoms with Gasteiger partial charge in [-0.05, 0) is 113 Å². The van der Waals surface area contributed by atoms with Crippen molar-refractivity contribution in [2.24, 2.45) is 17.3 Å². The first-order chi connectivity index (χ1) is 22.1. The second-order valence-electron chi connectivity index (χ2n) is 15.1. The fraction of sp³-hybridized carbons (Fsp3) is 0.639. The zero-order valence-corrected chi connectivity index (χ0v) is 28.1. The summed E-state index contributed by atoms with van der Waals surface area (Å²) in [5.74, 6) is -7.50. The minimum Gasteiger partial charge on any atom is -0.456 e. The summed E-state index contributed by atoms with van der Waals surface area (Å²) >= 11 is 0. The minimum absolute atomic E-state index is 0.00793. The molecule has 1 amide bonds. The lowest BCUT2D eigenvalue weighted by molar-refractivity contribution is -0.362. The zero-order valence-electron chi connectivity index (χ0n) is 28.1. The maximum absolute atomic E-state index is 15.2. The molecule has 7 atom stereocenters. The SMILES string of the molecule is CC(OC(=O)[C@@H](C)NC(=O)OC(C)(C)C)c1ccc([C@H]2C[C@@]3(C)[C@@H](CC[C@@]3(O)C(F)(F)C(F)(F)F)[C@@H]3CCC4=CC(=O)CCC4=C32)cc1. The highest BCUT2D eigenvalue weighted by molar-refractivity contribution is 5.93. The van der Waals surface area contributed by atoms with Gasteiger partial charge in [-0.3, -0.25) is 4.79 Å². The molecule has 0 aromatic heterocycles. The van der Waals surface area contributed by atoms with E-state index in [4.69, 9.17) is 9.47 Å². The first-order valence-corrected chi connectivity index (χ1v) is 16.5. The van der Waals surface area contributed by atoms with Crippen LogP contribution in [0, 0.1) is 17.3 Å². The van der Waals surface area contributed by atoms with E-state index in [-0.39, 0.29) is 24.5 Å². The van der Waals surface area contributed by atoms with Crippen molar-refractivity contribution in [1.29, 1.82) is 0 Å². The topological polar surface area (TPSA) is 102 Å². The number of amides is 1. The third kappa shape index (κ3) is 6.18. The van der Waals surface area contributed by atoms with E-state index >= 15 is 8.78 Å². The molecule has 0 bridgehead atoms. The van der Waals surface area contributed by atoms with E-state index in [9.17, 15) is 32.7 Å². The van der Waals surface area contributed by atoms with Crippen molar-refractivity contribution in [3.8, 4) is 0 Å². The number of carbonyl (C=O) groups excluding carboxylic acids is 3. The molecule has 264 valence electrons. The van der Waals surface area contributed by atoms with E-state index in [1.807, 2.05) is 0 Å². The highest BCUT2D eigenvalue weighted by Gasteiger charge is 2.79. The van der Waals surface area contributed by atoms with Crippen LogP contribution in [0.1, 0.15) is 110 Å². The van der Waals surface area contributed by atoms with Gasteiger partial charge in [0.15, 0.2) is 5.78 Å². The van der Waals surface area contributed by atoms with Crippen molar-refractivity contribution in [1.82, 2.24) is 5.32 Å². The first kappa shape index (κ1) is 36.0. The Kier molecular flexibility index (Phi) is 9.19. The van der Waals surface area contributed by atoms with Crippen LogP contribution in [0.15, 0.2) is 47.1 Å². The summed E-state index contributed by atoms with van der Waals surface area (Å²) in [5.41, 5.74) is -1.68. The number of hydrogen-bond acceptors (Lipinski definition) is 6. The smallest absolute Gasteiger partial charge is 0.456 e. The number of carbonyl (C=O) groups is 3. The number of ether oxygens (including phenoxy) is 2. The van der Waals surface area contributed by atoms with Gasteiger partial charge < -0.3 is 19.9 Å². The summed E-state index contributed by atoms with van der Waals surface area (Å²) in [4.78, 5) is 37.1. The molecule has 0 heterocycles. The van der Waals surface area contributed by atoms with Gasteiger partial charge in [0.1, 0.15) is 23.3 Å². The number of rotatable bonds is 6. The molecule has 0 saturated heterocycles. The molecule has 2 N–H and O–H groups in total. The Hall–Kier alpha value is -3.28. The van der Waals surface area contributed by atoms with Crippen LogP contribution in [0.5, 0.6) is 0 Å². The minimum atomic E-state index is -5.92. The molecule has 12 heteroatoms. The first-order valence-electron chi connectivity index (χ1n) is 16.5. The molecular weight excluding hydrogens is 637 g/mol. The zero-order chi connectivity index (χ0) is 35.6. The van der Waals surface area contributed by atoms with Gasteiger partial charge in [0.25, 0.3) is 0 Å². The summed E-state index contributed by atoms with van der Waals surface area (Å²) in [7, 11) is 0. The molecule has 2 fully saturated rings. The normalized spacial score (nSPS) is 30.4. The predicted molar refractivity (Wildman–Crippen MR) is 166 cm³/mol. The van der Waals surface area contributed by atoms with Gasteiger partial charge in [0.2, 0.25) is 0 Å². The van der Waals surface area contributed by atoms with Crippen LogP contribution >= 0.6 is 0 Å². The van der Waals surface area contributed by atoms with Crippen LogP contribution in [-0.2, 0) is 19.1 Å². The van der Waals surface area contributed by atoms with Crippen molar-refractivity contribution < 1.29 is 50.9 Å². The Morgan fingerprint density at radius 3 is 2.25 bits per heavy atom. The number of hydrogen-bond donors (Lipinski definition) is 2. The number of allylic oxidation sites excluding steroid dienone is 4. The van der Waals surface area contributed by atoms with E-state index < -0.39 is 71.2 Å². The van der Waals surface area contributed by atoms with Gasteiger partial charge >= 0.3 is 24.2 Å². The number of alkyl halides is 5. The fourth-order valence-electron chi connectivity index (χ4n) is 8.60. The van der Waals surface area contributed by atoms with E-state index in [1.165, 1.54) is 13.8 Å². The molecule has 48 heavy (non-hydrogen) atoms. The number of benzene rings is 1. The number of aliphatic hydroxyl groups is 1. The van der Waals surface area contributed by atoms with Crippen molar-refractivity contribution in [3.05, 3.63) is 58.2 Å². The molecule has 0 spiro atoms. The van der Waals surface area contributed by atoms with Crippen molar-refractivity contribution >= 4 is 17.8 Å². The van der Waals surface area contributed by atoms with Crippen molar-refractivity contribution in [2.75, 3.05) is 0 Å². The summed E-state index contributed by atoms with van der Waals surface area (Å²) in [6, 6.07) is 5.93. The van der Waals surface area contributed by atoms with Gasteiger partial charge in [-0.1, -0.05) is 36.8 Å². The number of ketones is 1. The van der Waals surface area contributed by atoms with E-state index in [0.717, 1.165) is 16.7 Å². The van der Waals surface area contributed by atoms with E-state index in [0.29, 0.717) is 36.8 Å². The van der Waals surface area contributed by atoms with Gasteiger partial charge in [-0.25, -0.2) is 9.59 Å². The summed E-state index contributed by atoms with van der Waals surface area (Å²) < 4.78 is 82.7. The highest BCUT2D eigenvalue weighted by atomic mass is 19.4. The predicted octanol–water partition coefficient (Wildman–Crippen LogP) is 8.03. The molecule has 1 aromatic carbocycles. The van der Waals surface area contributed by atoms with Crippen LogP contribution in [-0.4, -0.2) is 52.3 Å². The average Bonchev–Trinajstić information content (AvgIpc) is 3.26. The second kappa shape index (κ2) is 12.2. The number of halogens is 5. The molecule has 1 aromatic rings. The molecule has 0 radical (unpaired) electrons. The quantitative estimate of drug-likeness (QED) is 0.233. The van der Waals surface area contributed by atoms with Crippen molar-refractivity contribution in [3.63, 3.8) is 0 Å². The fourth-order valence-corrected chi connectivity index (χ4v) is 8.60. The maximum atomic E-state index is 15.2. The molecule has 4 aliphatic carbocycles. The van der Waals surface area contributed by atoms with Crippen LogP contribution in [0.4, 0.5) is 26.7 Å². The number of fused-ring (bicyclic) bond motifs is 4. The summed E-state index contributed by atoms with van der Waals surface area (Å²) in [6.07, 6.45) is -4.79. The number of alkyl carbamates (subject to hydrolysis) is 1. The molecule has 0 aliphatic heterocycles. The molecular formula is C36H44F5NO6. The van der Waals surface area contributed by atoms with Crippen LogP contribution < -0.4 is 5.32 Å². The standard InChI is InChI=1S/C36H44F5NO6/c1-19(42-31(45)48-32(3,4)5)30(44)47-20(2)21-7-9-22(10-8-21)27-18-33(6)28(15-16-34(33,46)35(37,38)36(39,40)41)26-13-11-23-17-24(43)12-14-25(23)29(26)27/h7-10,17,19-20,26-28,46H,11-16,18H2,1-6H3,(H,42,45)/t19-,20?,26+,27-,28+,33+,34+/m1/s1. The third-order valence-corrected chi connectivity index (χ3v) is 10.9. The number of esters is 1. The lowest BCUT2D eigenvalue weighted by atomic mass is 9.50. The van der Waals surface area contributed by atoms with Gasteiger partial charge in [-0.2, -0.15) is 22.0 Å². The Bertz CT molecular complexity index is 1530. The molecule has 4 aliphatic rings. The summed E-state index contributed by atoms with van der Waals surface area (Å²) in [5, 5.41) is 13.9. The summed E-state index contributed by atoms with van der Waals surface area (Å²) in [6.45, 7) is 9.57. The lowest BCUT2D eigenvalue weighted by Gasteiger charge is -2.56.